The van der Waals surface area contributed by atoms with Crippen molar-refractivity contribution in [3.05, 3.63) is 23.8 Å². The molecule has 1 rings (SSSR count). The number of anilines is 1. The van der Waals surface area contributed by atoms with Crippen molar-refractivity contribution < 1.29 is 38.9 Å². The van der Waals surface area contributed by atoms with Crippen molar-refractivity contribution in [2.24, 2.45) is 5.73 Å². The molecule has 0 aromatic heterocycles. The lowest BCUT2D eigenvalue weighted by Gasteiger charge is -2.29. The van der Waals surface area contributed by atoms with Crippen molar-refractivity contribution in [3.8, 4) is 5.75 Å². The monoisotopic (exact) mass is 494 g/mol. The van der Waals surface area contributed by atoms with Crippen LogP contribution in [0, 0.1) is 0 Å². The molecular formula is C25H38N2O8. The smallest absolute Gasteiger partial charge is 0.424 e. The maximum absolute atomic E-state index is 12.9. The Labute approximate surface area is 206 Å². The van der Waals surface area contributed by atoms with Crippen LogP contribution in [-0.4, -0.2) is 50.9 Å². The molecule has 1 aromatic carbocycles. The van der Waals surface area contributed by atoms with E-state index in [0.717, 1.165) is 12.8 Å². The Balaban J connectivity index is 3.46. The number of ether oxygens (including phenoxy) is 2. The molecule has 196 valence electrons. The summed E-state index contributed by atoms with van der Waals surface area (Å²) in [6, 6.07) is 3.76. The third-order valence-corrected chi connectivity index (χ3v) is 4.80. The number of ketones is 1. The van der Waals surface area contributed by atoms with Crippen LogP contribution in [0.15, 0.2) is 18.2 Å². The molecule has 1 aromatic rings. The lowest BCUT2D eigenvalue weighted by atomic mass is 9.85. The number of aliphatic carboxylic acids is 1. The van der Waals surface area contributed by atoms with E-state index in [1.54, 1.807) is 41.5 Å². The number of rotatable bonds is 9. The van der Waals surface area contributed by atoms with Gasteiger partial charge in [-0.25, -0.2) is 14.4 Å². The number of Topliss-reactive ketones (excluding diaryl/α,β-unsaturated/α-hetero) is 1. The van der Waals surface area contributed by atoms with E-state index in [1.165, 1.54) is 18.2 Å². The highest BCUT2D eigenvalue weighted by Gasteiger charge is 2.42. The van der Waals surface area contributed by atoms with Crippen LogP contribution in [-0.2, 0) is 25.5 Å². The highest BCUT2D eigenvalue weighted by atomic mass is 16.6. The van der Waals surface area contributed by atoms with Crippen molar-refractivity contribution in [1.82, 2.24) is 0 Å². The Morgan fingerprint density at radius 2 is 1.46 bits per heavy atom. The first-order valence-electron chi connectivity index (χ1n) is 11.5. The number of carbonyl (C=O) groups is 4. The largest absolute Gasteiger partial charge is 0.506 e. The second-order valence-corrected chi connectivity index (χ2v) is 10.5. The molecule has 10 heteroatoms. The third-order valence-electron chi connectivity index (χ3n) is 4.80. The first kappa shape index (κ1) is 29.9. The summed E-state index contributed by atoms with van der Waals surface area (Å²) in [7, 11) is 0. The van der Waals surface area contributed by atoms with Gasteiger partial charge >= 0.3 is 18.2 Å². The Bertz CT molecular complexity index is 918. The van der Waals surface area contributed by atoms with Crippen molar-refractivity contribution in [1.29, 1.82) is 0 Å². The van der Waals surface area contributed by atoms with E-state index in [-0.39, 0.29) is 17.7 Å². The van der Waals surface area contributed by atoms with Gasteiger partial charge in [-0.1, -0.05) is 25.8 Å². The van der Waals surface area contributed by atoms with E-state index in [1.807, 2.05) is 6.92 Å². The lowest BCUT2D eigenvalue weighted by Crippen LogP contribution is -2.56. The Kier molecular flexibility index (Phi) is 9.84. The second-order valence-electron chi connectivity index (χ2n) is 10.5. The van der Waals surface area contributed by atoms with Crippen molar-refractivity contribution in [2.75, 3.05) is 4.90 Å². The van der Waals surface area contributed by atoms with E-state index in [4.69, 9.17) is 15.2 Å². The fourth-order valence-electron chi connectivity index (χ4n) is 3.12. The number of imide groups is 1. The van der Waals surface area contributed by atoms with Crippen molar-refractivity contribution in [2.45, 2.75) is 97.3 Å². The summed E-state index contributed by atoms with van der Waals surface area (Å²) in [4.78, 5) is 51.0. The maximum Gasteiger partial charge on any atom is 0.424 e. The van der Waals surface area contributed by atoms with Crippen LogP contribution in [0.4, 0.5) is 15.3 Å². The molecule has 0 fully saturated rings. The van der Waals surface area contributed by atoms with Gasteiger partial charge in [0.05, 0.1) is 0 Å². The summed E-state index contributed by atoms with van der Waals surface area (Å²) in [5, 5.41) is 20.2. The number of hydrogen-bond donors (Lipinski definition) is 3. The van der Waals surface area contributed by atoms with E-state index in [0.29, 0.717) is 11.3 Å². The quantitative estimate of drug-likeness (QED) is 0.331. The predicted molar refractivity (Wildman–Crippen MR) is 130 cm³/mol. The van der Waals surface area contributed by atoms with Crippen LogP contribution in [0.1, 0.15) is 79.7 Å². The van der Waals surface area contributed by atoms with E-state index < -0.39 is 52.9 Å². The fourth-order valence-corrected chi connectivity index (χ4v) is 3.12. The molecule has 0 bridgehead atoms. The molecule has 10 nitrogen and oxygen atoms in total. The topological polar surface area (TPSA) is 156 Å². The summed E-state index contributed by atoms with van der Waals surface area (Å²) in [6.07, 6.45) is -0.511. The minimum Gasteiger partial charge on any atom is -0.506 e. The molecule has 4 N–H and O–H groups in total. The molecule has 0 spiro atoms. The van der Waals surface area contributed by atoms with E-state index in [9.17, 15) is 29.4 Å². The molecule has 0 aliphatic heterocycles. The van der Waals surface area contributed by atoms with Gasteiger partial charge in [0, 0.05) is 12.8 Å². The molecule has 0 radical (unpaired) electrons. The number of carboxylic acids is 1. The van der Waals surface area contributed by atoms with E-state index in [2.05, 4.69) is 0 Å². The number of carbonyl (C=O) groups excluding carboxylic acids is 3. The molecular weight excluding hydrogens is 456 g/mol. The zero-order chi connectivity index (χ0) is 27.2. The van der Waals surface area contributed by atoms with Gasteiger partial charge in [0.25, 0.3) is 0 Å². The van der Waals surface area contributed by atoms with Crippen molar-refractivity contribution in [3.63, 3.8) is 0 Å². The molecule has 0 aliphatic rings. The normalized spacial score (nSPS) is 13.5. The number of amides is 2. The highest BCUT2D eigenvalue weighted by molar-refractivity contribution is 6.11. The molecule has 1 unspecified atom stereocenters. The van der Waals surface area contributed by atoms with Crippen molar-refractivity contribution >= 4 is 29.6 Å². The highest BCUT2D eigenvalue weighted by Crippen LogP contribution is 2.32. The fraction of sp³-hybridized carbons (Fsp3) is 0.600. The number of carboxylic acid groups (broad SMARTS) is 1. The number of nitrogens with two attached hydrogens (primary N) is 1. The number of unbranched alkanes of at least 4 members (excludes halogenated alkanes) is 2. The second kappa shape index (κ2) is 11.5. The number of phenols is 1. The van der Waals surface area contributed by atoms with Gasteiger partial charge in [-0.15, -0.1) is 0 Å². The molecule has 35 heavy (non-hydrogen) atoms. The standard InChI is InChI=1S/C25H38N2O8/c1-8-9-10-11-19(29)25(26,20(30)31)15-16-12-13-18(28)17(14-16)27(21(32)34-23(2,3)4)22(33)35-24(5,6)7/h12-14,28H,8-11,15,26H2,1-7H3,(H,30,31). The number of nitrogens with zero attached hydrogens (tertiary/aromatic N) is 1. The minimum absolute atomic E-state index is 0.00349. The van der Waals surface area contributed by atoms with Gasteiger partial charge in [-0.2, -0.15) is 4.90 Å². The molecule has 0 saturated carbocycles. The Morgan fingerprint density at radius 1 is 0.943 bits per heavy atom. The molecule has 0 saturated heterocycles. The van der Waals surface area contributed by atoms with Crippen LogP contribution in [0.3, 0.4) is 0 Å². The van der Waals surface area contributed by atoms with Gasteiger partial charge in [-0.05, 0) is 65.7 Å². The van der Waals surface area contributed by atoms with Gasteiger partial charge < -0.3 is 25.4 Å². The summed E-state index contributed by atoms with van der Waals surface area (Å²) < 4.78 is 10.6. The number of aromatic hydroxyl groups is 1. The molecule has 0 heterocycles. The molecule has 2 amide bonds. The summed E-state index contributed by atoms with van der Waals surface area (Å²) in [6.45, 7) is 11.6. The average Bonchev–Trinajstić information content (AvgIpc) is 2.67. The van der Waals surface area contributed by atoms with Crippen LogP contribution >= 0.6 is 0 Å². The number of hydrogen-bond acceptors (Lipinski definition) is 8. The van der Waals surface area contributed by atoms with Gasteiger partial charge in [0.15, 0.2) is 11.3 Å². The Hall–Kier alpha value is -3.14. The van der Waals surface area contributed by atoms with Gasteiger partial charge in [0.2, 0.25) is 0 Å². The zero-order valence-electron chi connectivity index (χ0n) is 21.6. The first-order valence-corrected chi connectivity index (χ1v) is 11.5. The predicted octanol–water partition coefficient (Wildman–Crippen LogP) is 4.54. The van der Waals surface area contributed by atoms with Crippen LogP contribution < -0.4 is 10.6 Å². The molecule has 1 atom stereocenters. The van der Waals surface area contributed by atoms with Gasteiger partial charge in [-0.3, -0.25) is 4.79 Å². The first-order chi connectivity index (χ1) is 15.9. The number of benzene rings is 1. The third kappa shape index (κ3) is 8.86. The van der Waals surface area contributed by atoms with E-state index >= 15 is 0 Å². The zero-order valence-corrected chi connectivity index (χ0v) is 21.6. The Morgan fingerprint density at radius 3 is 1.89 bits per heavy atom. The SMILES string of the molecule is CCCCCC(=O)C(N)(Cc1ccc(O)c(N(C(=O)OC(C)(C)C)C(=O)OC(C)(C)C)c1)C(=O)O. The summed E-state index contributed by atoms with van der Waals surface area (Å²) >= 11 is 0. The average molecular weight is 495 g/mol. The lowest BCUT2D eigenvalue weighted by molar-refractivity contribution is -0.148. The van der Waals surface area contributed by atoms with Crippen LogP contribution in [0.2, 0.25) is 0 Å². The summed E-state index contributed by atoms with van der Waals surface area (Å²) in [5.41, 5.74) is 1.81. The molecule has 0 aliphatic carbocycles. The summed E-state index contributed by atoms with van der Waals surface area (Å²) in [5.74, 6) is -2.59. The van der Waals surface area contributed by atoms with Crippen LogP contribution in [0.5, 0.6) is 5.75 Å². The number of phenolic OH excluding ortho intramolecular Hbond substituents is 1. The van der Waals surface area contributed by atoms with Gasteiger partial charge in [0.1, 0.15) is 22.6 Å². The minimum atomic E-state index is -2.22. The maximum atomic E-state index is 12.9. The van der Waals surface area contributed by atoms with Crippen LogP contribution in [0.25, 0.3) is 0 Å².